The van der Waals surface area contributed by atoms with E-state index in [9.17, 15) is 0 Å². The molecule has 134 valence electrons. The monoisotopic (exact) mass is 498 g/mol. The molecule has 0 saturated carbocycles. The summed E-state index contributed by atoms with van der Waals surface area (Å²) in [5.74, 6) is 3.28. The van der Waals surface area contributed by atoms with Crippen molar-refractivity contribution in [3.8, 4) is 0 Å². The van der Waals surface area contributed by atoms with Gasteiger partial charge in [-0.05, 0) is 36.8 Å². The molecule has 0 radical (unpaired) electrons. The van der Waals surface area contributed by atoms with Gasteiger partial charge in [0.15, 0.2) is 0 Å². The largest absolute Gasteiger partial charge is 0.341 e. The molecule has 0 aliphatic rings. The van der Waals surface area contributed by atoms with Crippen molar-refractivity contribution in [2.24, 2.45) is 11.8 Å². The Kier molecular flexibility index (Phi) is 14.8. The Morgan fingerprint density at radius 1 is 0.682 bits per heavy atom. The van der Waals surface area contributed by atoms with E-state index in [1.807, 2.05) is 21.6 Å². The van der Waals surface area contributed by atoms with E-state index in [-0.39, 0.29) is 0 Å². The molecule has 10 heteroatoms. The summed E-state index contributed by atoms with van der Waals surface area (Å²) in [7, 11) is 3.82. The molecule has 0 spiro atoms. The van der Waals surface area contributed by atoms with Gasteiger partial charge in [0, 0.05) is 11.5 Å². The molecule has 0 aromatic rings. The van der Waals surface area contributed by atoms with Gasteiger partial charge in [0.2, 0.25) is 0 Å². The Hall–Kier alpha value is 2.87. The van der Waals surface area contributed by atoms with Gasteiger partial charge in [-0.25, -0.2) is 0 Å². The second-order valence-corrected chi connectivity index (χ2v) is 26.5. The van der Waals surface area contributed by atoms with Gasteiger partial charge in [0.05, 0.1) is 0 Å². The molecule has 0 heterocycles. The standard InChI is InChI=1S/C12H24Cl6S2Si2/c1-3-11(9-21(13,14)15)5-7-19-20-8-6-12(4-2)10-22(16,17)18/h11-12H,3-10H2,1-2H3. The Morgan fingerprint density at radius 3 is 1.23 bits per heavy atom. The lowest BCUT2D eigenvalue weighted by Crippen LogP contribution is -2.16. The third-order valence-electron chi connectivity index (χ3n) is 3.50. The highest BCUT2D eigenvalue weighted by Gasteiger charge is 2.29. The van der Waals surface area contributed by atoms with Crippen LogP contribution in [0.4, 0.5) is 0 Å². The first-order chi connectivity index (χ1) is 10.1. The summed E-state index contributed by atoms with van der Waals surface area (Å²) in [4.78, 5) is 0. The van der Waals surface area contributed by atoms with E-state index in [0.29, 0.717) is 11.8 Å². The highest BCUT2D eigenvalue weighted by atomic mass is 35.8. The Bertz CT molecular complexity index is 258. The van der Waals surface area contributed by atoms with Crippen LogP contribution in [0.3, 0.4) is 0 Å². The smallest absolute Gasteiger partial charge is 0.126 e. The van der Waals surface area contributed by atoms with E-state index in [1.54, 1.807) is 0 Å². The molecular formula is C12H24Cl6S2Si2. The van der Waals surface area contributed by atoms with E-state index in [0.717, 1.165) is 49.3 Å². The Morgan fingerprint density at radius 2 is 1.00 bits per heavy atom. The Labute approximate surface area is 173 Å². The molecule has 0 saturated heterocycles. The van der Waals surface area contributed by atoms with Crippen LogP contribution in [0.25, 0.3) is 0 Å². The zero-order valence-electron chi connectivity index (χ0n) is 12.9. The fraction of sp³-hybridized carbons (Fsp3) is 1.00. The van der Waals surface area contributed by atoms with Gasteiger partial charge < -0.3 is 0 Å². The minimum atomic E-state index is -2.49. The minimum absolute atomic E-state index is 0.533. The number of hydrogen-bond acceptors (Lipinski definition) is 2. The minimum Gasteiger partial charge on any atom is -0.126 e. The van der Waals surface area contributed by atoms with Crippen LogP contribution in [0.5, 0.6) is 0 Å². The van der Waals surface area contributed by atoms with E-state index in [1.165, 1.54) is 0 Å². The van der Waals surface area contributed by atoms with Crippen molar-refractivity contribution in [2.45, 2.75) is 51.6 Å². The summed E-state index contributed by atoms with van der Waals surface area (Å²) in [6.07, 6.45) is 4.40. The topological polar surface area (TPSA) is 0 Å². The summed E-state index contributed by atoms with van der Waals surface area (Å²) in [6, 6.07) is -3.45. The van der Waals surface area contributed by atoms with E-state index in [2.05, 4.69) is 13.8 Å². The van der Waals surface area contributed by atoms with Crippen molar-refractivity contribution in [1.82, 2.24) is 0 Å². The van der Waals surface area contributed by atoms with Crippen LogP contribution >= 0.6 is 88.1 Å². The molecule has 0 aliphatic carbocycles. The van der Waals surface area contributed by atoms with Crippen LogP contribution in [-0.4, -0.2) is 23.5 Å². The first kappa shape index (κ1) is 24.9. The van der Waals surface area contributed by atoms with Crippen LogP contribution < -0.4 is 0 Å². The van der Waals surface area contributed by atoms with Crippen LogP contribution in [0.15, 0.2) is 0 Å². The van der Waals surface area contributed by atoms with Crippen LogP contribution in [0.2, 0.25) is 12.1 Å². The van der Waals surface area contributed by atoms with Crippen LogP contribution in [0, 0.1) is 11.8 Å². The van der Waals surface area contributed by atoms with Gasteiger partial charge in [-0.1, -0.05) is 48.3 Å². The van der Waals surface area contributed by atoms with Crippen molar-refractivity contribution in [2.75, 3.05) is 11.5 Å². The normalized spacial score (nSPS) is 15.8. The summed E-state index contributed by atoms with van der Waals surface area (Å²) in [5, 5.41) is 0. The lowest BCUT2D eigenvalue weighted by Gasteiger charge is -2.18. The van der Waals surface area contributed by atoms with Gasteiger partial charge in [0.25, 0.3) is 0 Å². The lowest BCUT2D eigenvalue weighted by atomic mass is 10.1. The molecule has 0 aromatic heterocycles. The number of halogens is 6. The molecule has 0 aromatic carbocycles. The van der Waals surface area contributed by atoms with Crippen LogP contribution in [0.1, 0.15) is 39.5 Å². The fourth-order valence-electron chi connectivity index (χ4n) is 2.10. The number of rotatable bonds is 13. The van der Waals surface area contributed by atoms with Gasteiger partial charge in [-0.2, -0.15) is 0 Å². The van der Waals surface area contributed by atoms with Crippen molar-refractivity contribution < 1.29 is 0 Å². The highest BCUT2D eigenvalue weighted by Crippen LogP contribution is 2.36. The molecule has 22 heavy (non-hydrogen) atoms. The maximum Gasteiger partial charge on any atom is 0.341 e. The summed E-state index contributed by atoms with van der Waals surface area (Å²) in [5.41, 5.74) is 0. The van der Waals surface area contributed by atoms with Gasteiger partial charge in [-0.3, -0.25) is 0 Å². The van der Waals surface area contributed by atoms with Gasteiger partial charge >= 0.3 is 12.0 Å². The quantitative estimate of drug-likeness (QED) is 0.107. The first-order valence-corrected chi connectivity index (χ1v) is 20.4. The molecule has 2 unspecified atom stereocenters. The molecule has 2 atom stereocenters. The zero-order valence-corrected chi connectivity index (χ0v) is 21.1. The number of hydrogen-bond donors (Lipinski definition) is 0. The molecule has 0 bridgehead atoms. The molecule has 0 aliphatic heterocycles. The van der Waals surface area contributed by atoms with Crippen molar-refractivity contribution in [3.63, 3.8) is 0 Å². The lowest BCUT2D eigenvalue weighted by molar-refractivity contribution is 0.545. The molecule has 0 fully saturated rings. The van der Waals surface area contributed by atoms with Crippen molar-refractivity contribution in [3.05, 3.63) is 0 Å². The molecule has 0 rings (SSSR count). The maximum absolute atomic E-state index is 6.00. The third-order valence-corrected chi connectivity index (χ3v) is 10.8. The van der Waals surface area contributed by atoms with E-state index < -0.39 is 12.0 Å². The summed E-state index contributed by atoms with van der Waals surface area (Å²) >= 11 is 36.0. The van der Waals surface area contributed by atoms with Gasteiger partial charge in [0.1, 0.15) is 0 Å². The predicted octanol–water partition coefficient (Wildman–Crippen LogP) is 8.51. The average molecular weight is 501 g/mol. The van der Waals surface area contributed by atoms with E-state index in [4.69, 9.17) is 66.5 Å². The molecule has 0 N–H and O–H groups in total. The fourth-order valence-corrected chi connectivity index (χ4v) is 10.7. The van der Waals surface area contributed by atoms with Gasteiger partial charge in [-0.15, -0.1) is 66.5 Å². The van der Waals surface area contributed by atoms with E-state index >= 15 is 0 Å². The zero-order chi connectivity index (χ0) is 17.2. The van der Waals surface area contributed by atoms with Crippen LogP contribution in [-0.2, 0) is 0 Å². The molecule has 0 nitrogen and oxygen atoms in total. The predicted molar refractivity (Wildman–Crippen MR) is 118 cm³/mol. The maximum atomic E-state index is 6.00. The average Bonchev–Trinajstić information content (AvgIpc) is 2.37. The summed E-state index contributed by atoms with van der Waals surface area (Å²) in [6.45, 7) is 4.33. The highest BCUT2D eigenvalue weighted by molar-refractivity contribution is 8.76. The molecular weight excluding hydrogens is 477 g/mol. The second kappa shape index (κ2) is 13.1. The van der Waals surface area contributed by atoms with Crippen molar-refractivity contribution in [1.29, 1.82) is 0 Å². The SMILES string of the molecule is CCC(CCSSCCC(CC)C[Si](Cl)(Cl)Cl)C[Si](Cl)(Cl)Cl. The second-order valence-electron chi connectivity index (χ2n) is 5.41. The summed E-state index contributed by atoms with van der Waals surface area (Å²) < 4.78 is 0. The van der Waals surface area contributed by atoms with Crippen molar-refractivity contribution >= 4 is 100 Å². The first-order valence-electron chi connectivity index (χ1n) is 7.45. The molecule has 0 amide bonds. The Balaban J connectivity index is 3.75. The third kappa shape index (κ3) is 16.3.